The van der Waals surface area contributed by atoms with Crippen LogP contribution in [0, 0.1) is 11.3 Å². The highest BCUT2D eigenvalue weighted by Crippen LogP contribution is 2.17. The molecule has 0 radical (unpaired) electrons. The van der Waals surface area contributed by atoms with Crippen LogP contribution in [-0.2, 0) is 4.79 Å². The van der Waals surface area contributed by atoms with Crippen molar-refractivity contribution in [1.29, 1.82) is 5.26 Å². The third kappa shape index (κ3) is 4.39. The van der Waals surface area contributed by atoms with Crippen LogP contribution in [0.25, 0.3) is 6.08 Å². The van der Waals surface area contributed by atoms with Gasteiger partial charge in [0.2, 0.25) is 5.91 Å². The number of aliphatic hydroxyl groups excluding tert-OH is 1. The molecule has 0 atom stereocenters. The highest BCUT2D eigenvalue weighted by Gasteiger charge is 2.00. The Morgan fingerprint density at radius 3 is 3.00 bits per heavy atom. The van der Waals surface area contributed by atoms with Gasteiger partial charge in [0.25, 0.3) is 0 Å². The first kappa shape index (κ1) is 13.4. The third-order valence-corrected chi connectivity index (χ3v) is 2.45. The quantitative estimate of drug-likeness (QED) is 0.826. The molecule has 4 nitrogen and oxygen atoms in total. The number of rotatable bonds is 4. The van der Waals surface area contributed by atoms with E-state index in [2.05, 4.69) is 21.2 Å². The lowest BCUT2D eigenvalue weighted by Gasteiger charge is -2.00. The van der Waals surface area contributed by atoms with Crippen LogP contribution in [0.3, 0.4) is 0 Å². The maximum absolute atomic E-state index is 11.3. The molecule has 2 N–H and O–H groups in total. The van der Waals surface area contributed by atoms with Crippen LogP contribution < -0.4 is 5.32 Å². The molecule has 0 heterocycles. The van der Waals surface area contributed by atoms with E-state index >= 15 is 0 Å². The first-order chi connectivity index (χ1) is 8.17. The largest absolute Gasteiger partial charge is 0.395 e. The van der Waals surface area contributed by atoms with Crippen LogP contribution in [0.5, 0.6) is 0 Å². The Morgan fingerprint density at radius 2 is 2.35 bits per heavy atom. The van der Waals surface area contributed by atoms with Crippen LogP contribution in [0.2, 0.25) is 0 Å². The second-order valence-electron chi connectivity index (χ2n) is 3.19. The summed E-state index contributed by atoms with van der Waals surface area (Å²) >= 11 is 3.30. The number of nitriles is 1. The second kappa shape index (κ2) is 6.84. The first-order valence-electron chi connectivity index (χ1n) is 4.94. The molecule has 1 aromatic carbocycles. The van der Waals surface area contributed by atoms with Crippen LogP contribution >= 0.6 is 15.9 Å². The van der Waals surface area contributed by atoms with Gasteiger partial charge >= 0.3 is 0 Å². The number of amides is 1. The molecule has 0 aliphatic carbocycles. The molecule has 1 aromatic rings. The normalized spacial score (nSPS) is 10.2. The Morgan fingerprint density at radius 1 is 1.59 bits per heavy atom. The number of benzene rings is 1. The number of carbonyl (C=O) groups is 1. The summed E-state index contributed by atoms with van der Waals surface area (Å²) < 4.78 is 0.840. The number of aliphatic hydroxyl groups is 1. The van der Waals surface area contributed by atoms with Crippen molar-refractivity contribution in [2.24, 2.45) is 0 Å². The van der Waals surface area contributed by atoms with Gasteiger partial charge in [-0.1, -0.05) is 15.9 Å². The Labute approximate surface area is 108 Å². The molecular formula is C12H11BrN2O2. The van der Waals surface area contributed by atoms with Crippen molar-refractivity contribution in [2.75, 3.05) is 13.2 Å². The van der Waals surface area contributed by atoms with E-state index in [1.54, 1.807) is 24.3 Å². The van der Waals surface area contributed by atoms with Gasteiger partial charge in [0.15, 0.2) is 0 Å². The van der Waals surface area contributed by atoms with Crippen LogP contribution in [0.1, 0.15) is 11.1 Å². The van der Waals surface area contributed by atoms with Gasteiger partial charge in [0.05, 0.1) is 18.2 Å². The second-order valence-corrected chi connectivity index (χ2v) is 4.11. The molecule has 0 aliphatic rings. The molecule has 0 unspecified atom stereocenters. The number of carbonyl (C=O) groups excluding carboxylic acids is 1. The molecule has 0 saturated carbocycles. The Kier molecular flexibility index (Phi) is 5.40. The molecule has 0 spiro atoms. The summed E-state index contributed by atoms with van der Waals surface area (Å²) in [4.78, 5) is 11.3. The molecule has 1 amide bonds. The Bertz CT molecular complexity index is 478. The number of hydrogen-bond acceptors (Lipinski definition) is 3. The summed E-state index contributed by atoms with van der Waals surface area (Å²) in [6.07, 6.45) is 2.90. The van der Waals surface area contributed by atoms with Crippen molar-refractivity contribution < 1.29 is 9.90 Å². The van der Waals surface area contributed by atoms with Gasteiger partial charge in [-0.3, -0.25) is 4.79 Å². The van der Waals surface area contributed by atoms with Crippen molar-refractivity contribution in [3.63, 3.8) is 0 Å². The summed E-state index contributed by atoms with van der Waals surface area (Å²) in [6.45, 7) is 0.118. The zero-order valence-corrected chi connectivity index (χ0v) is 10.6. The zero-order chi connectivity index (χ0) is 12.7. The lowest BCUT2D eigenvalue weighted by Crippen LogP contribution is -2.24. The van der Waals surface area contributed by atoms with Gasteiger partial charge in [-0.2, -0.15) is 5.26 Å². The molecular weight excluding hydrogens is 284 g/mol. The Hall–Kier alpha value is -1.64. The summed E-state index contributed by atoms with van der Waals surface area (Å²) in [5.74, 6) is -0.303. The smallest absolute Gasteiger partial charge is 0.244 e. The molecule has 0 bridgehead atoms. The van der Waals surface area contributed by atoms with Gasteiger partial charge < -0.3 is 10.4 Å². The van der Waals surface area contributed by atoms with E-state index in [1.807, 2.05) is 6.07 Å². The summed E-state index contributed by atoms with van der Waals surface area (Å²) in [5.41, 5.74) is 1.17. The topological polar surface area (TPSA) is 73.1 Å². The fraction of sp³-hybridized carbons (Fsp3) is 0.167. The van der Waals surface area contributed by atoms with Crippen molar-refractivity contribution in [1.82, 2.24) is 5.32 Å². The van der Waals surface area contributed by atoms with E-state index in [-0.39, 0.29) is 19.1 Å². The molecule has 1 rings (SSSR count). The molecule has 0 aliphatic heterocycles. The number of nitrogens with zero attached hydrogens (tertiary/aromatic N) is 1. The maximum Gasteiger partial charge on any atom is 0.244 e. The summed E-state index contributed by atoms with van der Waals surface area (Å²) in [7, 11) is 0. The SMILES string of the molecule is N#Cc1ccc(Br)cc1/C=C/C(=O)NCCO. The predicted octanol–water partition coefficient (Wildman–Crippen LogP) is 1.44. The maximum atomic E-state index is 11.3. The molecule has 0 saturated heterocycles. The van der Waals surface area contributed by atoms with Gasteiger partial charge in [-0.05, 0) is 29.8 Å². The first-order valence-corrected chi connectivity index (χ1v) is 5.73. The van der Waals surface area contributed by atoms with Gasteiger partial charge in [0.1, 0.15) is 0 Å². The van der Waals surface area contributed by atoms with E-state index in [0.717, 1.165) is 4.47 Å². The molecule has 5 heteroatoms. The molecule has 0 fully saturated rings. The highest BCUT2D eigenvalue weighted by molar-refractivity contribution is 9.10. The lowest BCUT2D eigenvalue weighted by molar-refractivity contribution is -0.116. The minimum Gasteiger partial charge on any atom is -0.395 e. The van der Waals surface area contributed by atoms with E-state index in [9.17, 15) is 4.79 Å². The van der Waals surface area contributed by atoms with Gasteiger partial charge in [0, 0.05) is 17.1 Å². The van der Waals surface area contributed by atoms with E-state index < -0.39 is 0 Å². The van der Waals surface area contributed by atoms with E-state index in [4.69, 9.17) is 10.4 Å². The van der Waals surface area contributed by atoms with Crippen LogP contribution in [0.15, 0.2) is 28.7 Å². The Balaban J connectivity index is 2.80. The van der Waals surface area contributed by atoms with E-state index in [0.29, 0.717) is 11.1 Å². The number of halogens is 1. The van der Waals surface area contributed by atoms with Crippen molar-refractivity contribution in [3.8, 4) is 6.07 Å². The fourth-order valence-corrected chi connectivity index (χ4v) is 1.56. The van der Waals surface area contributed by atoms with Crippen LogP contribution in [-0.4, -0.2) is 24.2 Å². The minimum absolute atomic E-state index is 0.0973. The van der Waals surface area contributed by atoms with Crippen molar-refractivity contribution >= 4 is 27.9 Å². The molecule has 88 valence electrons. The van der Waals surface area contributed by atoms with Crippen LogP contribution in [0.4, 0.5) is 0 Å². The summed E-state index contributed by atoms with van der Waals surface area (Å²) in [5, 5.41) is 19.9. The zero-order valence-electron chi connectivity index (χ0n) is 8.98. The van der Waals surface area contributed by atoms with E-state index in [1.165, 1.54) is 6.08 Å². The van der Waals surface area contributed by atoms with Gasteiger partial charge in [-0.25, -0.2) is 0 Å². The number of hydrogen-bond donors (Lipinski definition) is 2. The summed E-state index contributed by atoms with van der Waals surface area (Å²) in [6, 6.07) is 7.25. The lowest BCUT2D eigenvalue weighted by atomic mass is 10.1. The standard InChI is InChI=1S/C12H11BrN2O2/c13-11-3-1-10(8-14)9(7-11)2-4-12(17)15-5-6-16/h1-4,7,16H,5-6H2,(H,15,17)/b4-2+. The molecule has 17 heavy (non-hydrogen) atoms. The number of nitrogens with one attached hydrogen (secondary N) is 1. The highest BCUT2D eigenvalue weighted by atomic mass is 79.9. The molecule has 0 aromatic heterocycles. The average molecular weight is 295 g/mol. The minimum atomic E-state index is -0.303. The predicted molar refractivity (Wildman–Crippen MR) is 68.0 cm³/mol. The third-order valence-electron chi connectivity index (χ3n) is 1.96. The van der Waals surface area contributed by atoms with Crippen molar-refractivity contribution in [3.05, 3.63) is 39.9 Å². The van der Waals surface area contributed by atoms with Gasteiger partial charge in [-0.15, -0.1) is 0 Å². The monoisotopic (exact) mass is 294 g/mol. The van der Waals surface area contributed by atoms with Crippen molar-refractivity contribution in [2.45, 2.75) is 0 Å². The average Bonchev–Trinajstić information content (AvgIpc) is 2.34. The fourth-order valence-electron chi connectivity index (χ4n) is 1.18.